The molecule has 0 N–H and O–H groups in total. The highest BCUT2D eigenvalue weighted by molar-refractivity contribution is 6.17. The molecule has 0 aliphatic heterocycles. The Labute approximate surface area is 310 Å². The van der Waals surface area contributed by atoms with Gasteiger partial charge in [-0.25, -0.2) is 9.97 Å². The highest BCUT2D eigenvalue weighted by Gasteiger charge is 2.27. The molecule has 54 heavy (non-hydrogen) atoms. The molecule has 0 radical (unpaired) electrons. The van der Waals surface area contributed by atoms with Crippen molar-refractivity contribution in [3.05, 3.63) is 139 Å². The third kappa shape index (κ3) is 4.46. The molecule has 11 aromatic rings. The van der Waals surface area contributed by atoms with Gasteiger partial charge in [-0.15, -0.1) is 0 Å². The van der Waals surface area contributed by atoms with E-state index >= 15 is 0 Å². The van der Waals surface area contributed by atoms with Gasteiger partial charge in [0.2, 0.25) is 0 Å². The highest BCUT2D eigenvalue weighted by Crippen LogP contribution is 2.45. The first-order chi connectivity index (χ1) is 26.4. The number of hydrogen-bond acceptors (Lipinski definition) is 5. The standard InChI is InChI=1S/C48H35N3O3/c1-26(2)34-19-30(28-11-6-5-7-12-28)20-35(27(3)4)45(34)51-46-36-22-44-40(49-25-52-44)21-29(36)17-18-39(46)50-48(51)33-15-10-14-32-38-24-42-37(23-43(38)54-47(32)33)31-13-8-9-16-41(31)53-42/h5-27H,1-4H3. The van der Waals surface area contributed by atoms with Gasteiger partial charge >= 0.3 is 0 Å². The number of aromatic nitrogens is 3. The molecule has 6 heteroatoms. The predicted molar refractivity (Wildman–Crippen MR) is 220 cm³/mol. The summed E-state index contributed by atoms with van der Waals surface area (Å²) in [6.07, 6.45) is 1.52. The number of furan rings is 2. The minimum Gasteiger partial charge on any atom is -0.456 e. The molecule has 6 nitrogen and oxygen atoms in total. The van der Waals surface area contributed by atoms with Crippen LogP contribution in [0.3, 0.4) is 0 Å². The summed E-state index contributed by atoms with van der Waals surface area (Å²) in [6.45, 7) is 9.14. The molecule has 0 spiro atoms. The number of oxazole rings is 1. The molecule has 4 aromatic heterocycles. The van der Waals surface area contributed by atoms with Gasteiger partial charge in [-0.2, -0.15) is 0 Å². The first-order valence-electron chi connectivity index (χ1n) is 18.6. The fourth-order valence-electron chi connectivity index (χ4n) is 8.45. The summed E-state index contributed by atoms with van der Waals surface area (Å²) < 4.78 is 21.5. The van der Waals surface area contributed by atoms with Gasteiger partial charge in [0.25, 0.3) is 0 Å². The zero-order chi connectivity index (χ0) is 36.2. The van der Waals surface area contributed by atoms with E-state index < -0.39 is 0 Å². The highest BCUT2D eigenvalue weighted by atomic mass is 16.3. The van der Waals surface area contributed by atoms with Gasteiger partial charge in [-0.05, 0) is 94.1 Å². The summed E-state index contributed by atoms with van der Waals surface area (Å²) >= 11 is 0. The first-order valence-corrected chi connectivity index (χ1v) is 18.6. The Morgan fingerprint density at radius 2 is 1.24 bits per heavy atom. The summed E-state index contributed by atoms with van der Waals surface area (Å²) in [5.74, 6) is 1.26. The van der Waals surface area contributed by atoms with Crippen LogP contribution < -0.4 is 0 Å². The molecule has 7 aromatic carbocycles. The van der Waals surface area contributed by atoms with Crippen LogP contribution in [0.4, 0.5) is 0 Å². The maximum absolute atomic E-state index is 6.90. The Balaban J connectivity index is 1.27. The molecular formula is C48H35N3O3. The fourth-order valence-corrected chi connectivity index (χ4v) is 8.45. The Kier molecular flexibility index (Phi) is 6.54. The van der Waals surface area contributed by atoms with E-state index in [-0.39, 0.29) is 11.8 Å². The van der Waals surface area contributed by atoms with Crippen molar-refractivity contribution in [2.24, 2.45) is 0 Å². The van der Waals surface area contributed by atoms with Crippen molar-refractivity contribution >= 4 is 76.8 Å². The van der Waals surface area contributed by atoms with Gasteiger partial charge in [0, 0.05) is 26.9 Å². The quantitative estimate of drug-likeness (QED) is 0.179. The Morgan fingerprint density at radius 1 is 0.537 bits per heavy atom. The fraction of sp³-hybridized carbons (Fsp3) is 0.125. The van der Waals surface area contributed by atoms with E-state index in [0.29, 0.717) is 0 Å². The van der Waals surface area contributed by atoms with Crippen molar-refractivity contribution in [2.75, 3.05) is 0 Å². The lowest BCUT2D eigenvalue weighted by molar-refractivity contribution is 0.602. The van der Waals surface area contributed by atoms with Gasteiger partial charge in [0.15, 0.2) is 12.0 Å². The number of para-hydroxylation sites is 2. The Bertz CT molecular complexity index is 3250. The van der Waals surface area contributed by atoms with Crippen molar-refractivity contribution in [1.82, 2.24) is 14.5 Å². The molecular weight excluding hydrogens is 667 g/mol. The lowest BCUT2D eigenvalue weighted by Gasteiger charge is -2.24. The summed E-state index contributed by atoms with van der Waals surface area (Å²) in [4.78, 5) is 9.98. The Morgan fingerprint density at radius 3 is 2.04 bits per heavy atom. The van der Waals surface area contributed by atoms with E-state index in [2.05, 4.69) is 140 Å². The average molecular weight is 702 g/mol. The zero-order valence-corrected chi connectivity index (χ0v) is 30.3. The van der Waals surface area contributed by atoms with Crippen LogP contribution >= 0.6 is 0 Å². The molecule has 260 valence electrons. The minimum atomic E-state index is 0.217. The van der Waals surface area contributed by atoms with Crippen molar-refractivity contribution in [3.8, 4) is 28.2 Å². The van der Waals surface area contributed by atoms with Gasteiger partial charge in [-0.1, -0.05) is 94.4 Å². The lowest BCUT2D eigenvalue weighted by Crippen LogP contribution is -2.09. The smallest absolute Gasteiger partial charge is 0.181 e. The largest absolute Gasteiger partial charge is 0.456 e. The number of fused-ring (bicyclic) bond motifs is 10. The number of benzene rings is 7. The Hall–Kier alpha value is -6.66. The van der Waals surface area contributed by atoms with E-state index in [0.717, 1.165) is 93.9 Å². The van der Waals surface area contributed by atoms with E-state index in [9.17, 15) is 0 Å². The number of rotatable bonds is 5. The number of hydrogen-bond donors (Lipinski definition) is 0. The molecule has 0 saturated carbocycles. The van der Waals surface area contributed by atoms with Crippen LogP contribution in [-0.4, -0.2) is 14.5 Å². The van der Waals surface area contributed by atoms with Crippen LogP contribution in [0.25, 0.3) is 105 Å². The van der Waals surface area contributed by atoms with Gasteiger partial charge < -0.3 is 13.3 Å². The van der Waals surface area contributed by atoms with Gasteiger partial charge in [-0.3, -0.25) is 4.57 Å². The molecule has 0 aliphatic rings. The SMILES string of the molecule is CC(C)c1cc(-c2ccccc2)cc(C(C)C)c1-n1c(-c2cccc3c2oc2cc4c(cc23)oc2ccccc24)nc2ccc3cc4ncoc4cc3c21. The van der Waals surface area contributed by atoms with Crippen LogP contribution in [-0.2, 0) is 0 Å². The summed E-state index contributed by atoms with van der Waals surface area (Å²) in [6, 6.07) is 42.7. The van der Waals surface area contributed by atoms with Crippen LogP contribution in [0.15, 0.2) is 141 Å². The van der Waals surface area contributed by atoms with Crippen LogP contribution in [0.2, 0.25) is 0 Å². The maximum Gasteiger partial charge on any atom is 0.181 e. The summed E-state index contributed by atoms with van der Waals surface area (Å²) in [7, 11) is 0. The molecule has 0 fully saturated rings. The topological polar surface area (TPSA) is 70.1 Å². The lowest BCUT2D eigenvalue weighted by atomic mass is 9.88. The van der Waals surface area contributed by atoms with E-state index in [4.69, 9.17) is 18.2 Å². The molecule has 0 amide bonds. The van der Waals surface area contributed by atoms with Crippen molar-refractivity contribution in [2.45, 2.75) is 39.5 Å². The van der Waals surface area contributed by atoms with Gasteiger partial charge in [0.1, 0.15) is 33.7 Å². The number of imidazole rings is 1. The molecule has 11 rings (SSSR count). The normalized spacial score (nSPS) is 12.4. The van der Waals surface area contributed by atoms with E-state index in [1.165, 1.54) is 28.6 Å². The summed E-state index contributed by atoms with van der Waals surface area (Å²) in [5, 5.41) is 6.27. The molecule has 0 aliphatic carbocycles. The molecule has 4 heterocycles. The monoisotopic (exact) mass is 701 g/mol. The minimum absolute atomic E-state index is 0.217. The van der Waals surface area contributed by atoms with Crippen molar-refractivity contribution in [3.63, 3.8) is 0 Å². The second kappa shape index (κ2) is 11.4. The molecule has 0 atom stereocenters. The van der Waals surface area contributed by atoms with E-state index in [1.54, 1.807) is 0 Å². The molecule has 0 unspecified atom stereocenters. The van der Waals surface area contributed by atoms with Gasteiger partial charge in [0.05, 0.1) is 22.3 Å². The second-order valence-corrected chi connectivity index (χ2v) is 15.0. The third-order valence-corrected chi connectivity index (χ3v) is 11.1. The van der Waals surface area contributed by atoms with Crippen LogP contribution in [0.1, 0.15) is 50.7 Å². The maximum atomic E-state index is 6.90. The van der Waals surface area contributed by atoms with Crippen molar-refractivity contribution < 1.29 is 13.3 Å². The van der Waals surface area contributed by atoms with Crippen LogP contribution in [0, 0.1) is 0 Å². The molecule has 0 bridgehead atoms. The first kappa shape index (κ1) is 30.9. The zero-order valence-electron chi connectivity index (χ0n) is 30.3. The third-order valence-electron chi connectivity index (χ3n) is 11.1. The second-order valence-electron chi connectivity index (χ2n) is 15.0. The van der Waals surface area contributed by atoms with Crippen LogP contribution in [0.5, 0.6) is 0 Å². The number of nitrogens with zero attached hydrogens (tertiary/aromatic N) is 3. The van der Waals surface area contributed by atoms with Crippen molar-refractivity contribution in [1.29, 1.82) is 0 Å². The molecule has 0 saturated heterocycles. The average Bonchev–Trinajstić information content (AvgIpc) is 3.98. The summed E-state index contributed by atoms with van der Waals surface area (Å²) in [5.41, 5.74) is 13.8. The van der Waals surface area contributed by atoms with E-state index in [1.807, 2.05) is 18.2 Å². The predicted octanol–water partition coefficient (Wildman–Crippen LogP) is 13.7.